The highest BCUT2D eigenvalue weighted by Gasteiger charge is 2.22. The first-order chi connectivity index (χ1) is 8.39. The molecule has 1 aromatic rings. The molecule has 0 aliphatic heterocycles. The second-order valence-corrected chi connectivity index (χ2v) is 6.46. The Morgan fingerprint density at radius 3 is 2.50 bits per heavy atom. The Morgan fingerprint density at radius 1 is 1.28 bits per heavy atom. The number of ether oxygens (including phenoxy) is 1. The van der Waals surface area contributed by atoms with Crippen molar-refractivity contribution in [2.45, 2.75) is 25.2 Å². The number of aryl methyl sites for hydroxylation is 2. The van der Waals surface area contributed by atoms with E-state index in [0.717, 1.165) is 11.1 Å². The van der Waals surface area contributed by atoms with Crippen LogP contribution in [0, 0.1) is 13.8 Å². The quantitative estimate of drug-likeness (QED) is 0.743. The van der Waals surface area contributed by atoms with Crippen LogP contribution in [0.2, 0.25) is 0 Å². The molecule has 4 nitrogen and oxygen atoms in total. The van der Waals surface area contributed by atoms with Crippen LogP contribution >= 0.6 is 0 Å². The van der Waals surface area contributed by atoms with E-state index in [2.05, 4.69) is 0 Å². The zero-order chi connectivity index (χ0) is 13.8. The second kappa shape index (κ2) is 6.31. The number of methoxy groups -OCH3 is 1. The highest BCUT2D eigenvalue weighted by Crippen LogP contribution is 2.20. The van der Waals surface area contributed by atoms with Crippen molar-refractivity contribution in [1.29, 1.82) is 0 Å². The zero-order valence-corrected chi connectivity index (χ0v) is 12.3. The summed E-state index contributed by atoms with van der Waals surface area (Å²) in [6.07, 6.45) is 0.692. The molecule has 0 radical (unpaired) electrons. The molecule has 0 fully saturated rings. The van der Waals surface area contributed by atoms with Crippen LogP contribution in [-0.2, 0) is 14.8 Å². The predicted octanol–water partition coefficient (Wildman–Crippen LogP) is 1.96. The molecule has 1 rings (SSSR count). The average Bonchev–Trinajstić information content (AvgIpc) is 2.28. The molecule has 0 unspecified atom stereocenters. The molecule has 0 atom stereocenters. The van der Waals surface area contributed by atoms with Crippen molar-refractivity contribution in [3.05, 3.63) is 29.3 Å². The SMILES string of the molecule is COCCCN(C)S(=O)(=O)c1ccc(C)cc1C. The van der Waals surface area contributed by atoms with E-state index in [1.165, 1.54) is 4.31 Å². The molecule has 0 aliphatic rings. The van der Waals surface area contributed by atoms with Crippen LogP contribution in [0.4, 0.5) is 0 Å². The fraction of sp³-hybridized carbons (Fsp3) is 0.538. The molecular formula is C13H21NO3S. The van der Waals surface area contributed by atoms with E-state index in [4.69, 9.17) is 4.74 Å². The Balaban J connectivity index is 2.91. The maximum absolute atomic E-state index is 12.3. The summed E-state index contributed by atoms with van der Waals surface area (Å²) in [5, 5.41) is 0. The Hall–Kier alpha value is -0.910. The van der Waals surface area contributed by atoms with Gasteiger partial charge in [-0.05, 0) is 31.9 Å². The molecule has 0 aliphatic carbocycles. The fourth-order valence-electron chi connectivity index (χ4n) is 1.81. The summed E-state index contributed by atoms with van der Waals surface area (Å²) in [4.78, 5) is 0.382. The number of hydrogen-bond donors (Lipinski definition) is 0. The smallest absolute Gasteiger partial charge is 0.243 e. The topological polar surface area (TPSA) is 46.6 Å². The summed E-state index contributed by atoms with van der Waals surface area (Å²) < 4.78 is 31.0. The predicted molar refractivity (Wildman–Crippen MR) is 72.2 cm³/mol. The van der Waals surface area contributed by atoms with Gasteiger partial charge in [0.1, 0.15) is 0 Å². The Labute approximate surface area is 110 Å². The lowest BCUT2D eigenvalue weighted by atomic mass is 10.2. The van der Waals surface area contributed by atoms with Gasteiger partial charge in [0.15, 0.2) is 0 Å². The van der Waals surface area contributed by atoms with Crippen molar-refractivity contribution >= 4 is 10.0 Å². The first-order valence-corrected chi connectivity index (χ1v) is 7.36. The van der Waals surface area contributed by atoms with Gasteiger partial charge in [-0.1, -0.05) is 17.7 Å². The minimum atomic E-state index is -3.39. The monoisotopic (exact) mass is 271 g/mol. The number of hydrogen-bond acceptors (Lipinski definition) is 3. The van der Waals surface area contributed by atoms with Crippen LogP contribution in [0.3, 0.4) is 0 Å². The van der Waals surface area contributed by atoms with Gasteiger partial charge < -0.3 is 4.74 Å². The van der Waals surface area contributed by atoms with Gasteiger partial charge in [-0.15, -0.1) is 0 Å². The van der Waals surface area contributed by atoms with Gasteiger partial charge in [-0.2, -0.15) is 0 Å². The standard InChI is InChI=1S/C13H21NO3S/c1-11-6-7-13(12(2)10-11)18(15,16)14(3)8-5-9-17-4/h6-7,10H,5,8-9H2,1-4H3. The van der Waals surface area contributed by atoms with E-state index < -0.39 is 10.0 Å². The Morgan fingerprint density at radius 2 is 1.94 bits per heavy atom. The number of rotatable bonds is 6. The van der Waals surface area contributed by atoms with Crippen LogP contribution < -0.4 is 0 Å². The molecule has 0 N–H and O–H groups in total. The molecule has 0 amide bonds. The van der Waals surface area contributed by atoms with Gasteiger partial charge in [-0.25, -0.2) is 12.7 Å². The van der Waals surface area contributed by atoms with Gasteiger partial charge in [-0.3, -0.25) is 0 Å². The number of benzene rings is 1. The molecule has 0 bridgehead atoms. The van der Waals surface area contributed by atoms with Gasteiger partial charge in [0.2, 0.25) is 10.0 Å². The van der Waals surface area contributed by atoms with Crippen LogP contribution in [0.5, 0.6) is 0 Å². The molecule has 0 heterocycles. The van der Waals surface area contributed by atoms with E-state index in [9.17, 15) is 8.42 Å². The molecular weight excluding hydrogens is 250 g/mol. The fourth-order valence-corrected chi connectivity index (χ4v) is 3.22. The lowest BCUT2D eigenvalue weighted by molar-refractivity contribution is 0.189. The number of nitrogens with zero attached hydrogens (tertiary/aromatic N) is 1. The van der Waals surface area contributed by atoms with Crippen LogP contribution in [-0.4, -0.2) is 40.0 Å². The third-order valence-electron chi connectivity index (χ3n) is 2.84. The average molecular weight is 271 g/mol. The van der Waals surface area contributed by atoms with Gasteiger partial charge in [0, 0.05) is 27.3 Å². The molecule has 5 heteroatoms. The largest absolute Gasteiger partial charge is 0.385 e. The van der Waals surface area contributed by atoms with Gasteiger partial charge in [0.25, 0.3) is 0 Å². The molecule has 0 saturated carbocycles. The van der Waals surface area contributed by atoms with Gasteiger partial charge in [0.05, 0.1) is 4.90 Å². The van der Waals surface area contributed by atoms with Gasteiger partial charge >= 0.3 is 0 Å². The summed E-state index contributed by atoms with van der Waals surface area (Å²) in [5.74, 6) is 0. The summed E-state index contributed by atoms with van der Waals surface area (Å²) in [7, 11) is -0.178. The van der Waals surface area contributed by atoms with Crippen LogP contribution in [0.1, 0.15) is 17.5 Å². The molecule has 0 aromatic heterocycles. The highest BCUT2D eigenvalue weighted by atomic mass is 32.2. The van der Waals surface area contributed by atoms with Crippen LogP contribution in [0.15, 0.2) is 23.1 Å². The first-order valence-electron chi connectivity index (χ1n) is 5.92. The van der Waals surface area contributed by atoms with E-state index in [1.54, 1.807) is 20.2 Å². The third-order valence-corrected chi connectivity index (χ3v) is 4.86. The van der Waals surface area contributed by atoms with E-state index in [0.29, 0.717) is 24.5 Å². The van der Waals surface area contributed by atoms with Crippen molar-refractivity contribution in [2.75, 3.05) is 27.3 Å². The molecule has 0 spiro atoms. The molecule has 0 saturated heterocycles. The molecule has 1 aromatic carbocycles. The van der Waals surface area contributed by atoms with Crippen molar-refractivity contribution in [1.82, 2.24) is 4.31 Å². The Kier molecular flexibility index (Phi) is 5.31. The van der Waals surface area contributed by atoms with Crippen molar-refractivity contribution in [3.8, 4) is 0 Å². The highest BCUT2D eigenvalue weighted by molar-refractivity contribution is 7.89. The minimum Gasteiger partial charge on any atom is -0.385 e. The van der Waals surface area contributed by atoms with Crippen molar-refractivity contribution in [2.24, 2.45) is 0 Å². The summed E-state index contributed by atoms with van der Waals surface area (Å²) in [6.45, 7) is 4.80. The van der Waals surface area contributed by atoms with E-state index in [-0.39, 0.29) is 0 Å². The van der Waals surface area contributed by atoms with E-state index >= 15 is 0 Å². The normalized spacial score (nSPS) is 12.1. The maximum atomic E-state index is 12.3. The molecule has 102 valence electrons. The van der Waals surface area contributed by atoms with E-state index in [1.807, 2.05) is 26.0 Å². The van der Waals surface area contributed by atoms with Crippen LogP contribution in [0.25, 0.3) is 0 Å². The lowest BCUT2D eigenvalue weighted by Gasteiger charge is -2.18. The third kappa shape index (κ3) is 3.54. The first kappa shape index (κ1) is 15.1. The van der Waals surface area contributed by atoms with Crippen molar-refractivity contribution in [3.63, 3.8) is 0 Å². The number of sulfonamides is 1. The summed E-state index contributed by atoms with van der Waals surface area (Å²) in [5.41, 5.74) is 1.85. The minimum absolute atomic E-state index is 0.382. The summed E-state index contributed by atoms with van der Waals surface area (Å²) >= 11 is 0. The molecule has 18 heavy (non-hydrogen) atoms. The zero-order valence-electron chi connectivity index (χ0n) is 11.4. The maximum Gasteiger partial charge on any atom is 0.243 e. The summed E-state index contributed by atoms with van der Waals surface area (Å²) in [6, 6.07) is 5.38. The lowest BCUT2D eigenvalue weighted by Crippen LogP contribution is -2.29. The second-order valence-electron chi connectivity index (χ2n) is 4.44. The van der Waals surface area contributed by atoms with Crippen molar-refractivity contribution < 1.29 is 13.2 Å². The Bertz CT molecular complexity index is 497.